The summed E-state index contributed by atoms with van der Waals surface area (Å²) in [6, 6.07) is 145. The Morgan fingerprint density at radius 1 is 0.302 bits per heavy atom. The fraction of sp³-hybridized carbons (Fsp3) is 0.0351. The van der Waals surface area contributed by atoms with E-state index in [1.165, 1.54) is 76.8 Å². The molecule has 0 fully saturated rings. The van der Waals surface area contributed by atoms with Crippen molar-refractivity contribution in [3.8, 4) is 78.4 Å². The van der Waals surface area contributed by atoms with Crippen LogP contribution in [-0.4, -0.2) is 29.9 Å². The summed E-state index contributed by atoms with van der Waals surface area (Å²) < 4.78 is 10.5. The SMILES string of the molecule is Brc1ccc(N(c2ccccc2)c2ccc3ccccc3c2)cc1.CC1(C)c2ccccc2-c2ccc(N(c3ccc(Br)cc3)c3ccc(-c4ccccc4)cc3)cc21.Clc1nc(-c2cccc(-c3ccccc3)c2)c2sc3ccccc3c2n1.Clc1nc(-c2cccc3ccccc23)c2oc3ccccc3c2n1.Clc1nc(-c2ccccc2)c2c(n1)-c1ccccc1C2. The Balaban J connectivity index is 0.000000102. The van der Waals surface area contributed by atoms with Gasteiger partial charge in [0.05, 0.1) is 27.3 Å². The van der Waals surface area contributed by atoms with Gasteiger partial charge in [-0.05, 0) is 228 Å². The summed E-state index contributed by atoms with van der Waals surface area (Å²) in [5.41, 5.74) is 30.5. The van der Waals surface area contributed by atoms with Crippen molar-refractivity contribution in [2.75, 3.05) is 9.80 Å². The second-order valence-corrected chi connectivity index (χ2v) is 35.8. The standard InChI is InChI=1S/C33H26BrN.C22H16BrN.C22H13ClN2S.C20H11ClN2O.C17H11ClN2/c1-33(2)31-11-7-6-10-29(31)30-21-20-28(22-32(30)33)35(27-18-14-25(34)15-19-27)26-16-12-24(13-17-26)23-8-4-3-5-9-23;23-19-11-14-21(15-12-19)24(20-8-2-1-3-9-20)22-13-10-17-6-4-5-7-18(17)16-22;23-22-24-19(21-20(25-22)17-11-4-5-12-18(17)26-21)16-10-6-9-15(13-16)14-7-2-1-3-8-14;21-20-22-17(14-10-5-7-12-6-1-2-8-13(12)14)19-18(23-20)15-9-3-4-11-16(15)24-19;18-17-19-15(11-6-2-1-3-7-11)14-10-12-8-4-5-9-13(12)16(14)20-17/h3-22H,1-2H3;1-16H;1-13H;1-11H;1-9H,10H2. The van der Waals surface area contributed by atoms with E-state index in [-0.39, 0.29) is 16.0 Å². The van der Waals surface area contributed by atoms with Crippen LogP contribution < -0.4 is 9.80 Å². The summed E-state index contributed by atoms with van der Waals surface area (Å²) in [5, 5.41) is 7.62. The monoisotopic (exact) mass is 1870 g/mol. The first-order valence-electron chi connectivity index (χ1n) is 42.4. The minimum absolute atomic E-state index is 0.0372. The van der Waals surface area contributed by atoms with Gasteiger partial charge in [0.15, 0.2) is 5.58 Å². The van der Waals surface area contributed by atoms with Crippen LogP contribution in [0.15, 0.2) is 432 Å². The van der Waals surface area contributed by atoms with Crippen LogP contribution in [0, 0.1) is 0 Å². The number of nitrogens with zero attached hydrogens (tertiary/aromatic N) is 8. The summed E-state index contributed by atoms with van der Waals surface area (Å²) in [5.74, 6) is 0. The molecular formula is C114H77Br2Cl3N8OS. The lowest BCUT2D eigenvalue weighted by Crippen LogP contribution is -2.16. The third-order valence-corrected chi connectivity index (χ3v) is 26.3. The molecule has 0 unspecified atom stereocenters. The summed E-state index contributed by atoms with van der Waals surface area (Å²) in [6.45, 7) is 4.67. The Morgan fingerprint density at radius 2 is 0.752 bits per heavy atom. The van der Waals surface area contributed by atoms with Gasteiger partial charge in [-0.1, -0.05) is 343 Å². The highest BCUT2D eigenvalue weighted by molar-refractivity contribution is 9.10. The topological polar surface area (TPSA) is 97.0 Å². The molecule has 0 bridgehead atoms. The first-order chi connectivity index (χ1) is 63.3. The highest BCUT2D eigenvalue weighted by atomic mass is 79.9. The Hall–Kier alpha value is -14.1. The predicted molar refractivity (Wildman–Crippen MR) is 547 cm³/mol. The number of para-hydroxylation sites is 2. The minimum atomic E-state index is -0.0372. The number of rotatable bonds is 11. The Labute approximate surface area is 783 Å². The summed E-state index contributed by atoms with van der Waals surface area (Å²) in [4.78, 5) is 31.4. The van der Waals surface area contributed by atoms with E-state index >= 15 is 0 Å². The normalized spacial score (nSPS) is 11.9. The van der Waals surface area contributed by atoms with Crippen molar-refractivity contribution in [2.24, 2.45) is 0 Å². The van der Waals surface area contributed by atoms with Crippen molar-refractivity contribution in [1.29, 1.82) is 0 Å². The lowest BCUT2D eigenvalue weighted by molar-refractivity contribution is 0.660. The van der Waals surface area contributed by atoms with Gasteiger partial charge in [-0.3, -0.25) is 0 Å². The van der Waals surface area contributed by atoms with Gasteiger partial charge in [0.2, 0.25) is 15.9 Å². The van der Waals surface area contributed by atoms with Crippen molar-refractivity contribution in [3.63, 3.8) is 0 Å². The second kappa shape index (κ2) is 36.7. The van der Waals surface area contributed by atoms with Gasteiger partial charge in [0.25, 0.3) is 0 Å². The molecule has 0 amide bonds. The molecule has 9 nitrogen and oxygen atoms in total. The molecule has 17 aromatic carbocycles. The molecule has 5 heterocycles. The van der Waals surface area contributed by atoms with Crippen LogP contribution >= 0.6 is 78.0 Å². The smallest absolute Gasteiger partial charge is 0.223 e. The van der Waals surface area contributed by atoms with Crippen LogP contribution in [0.25, 0.3) is 142 Å². The lowest BCUT2D eigenvalue weighted by Gasteiger charge is -2.28. The summed E-state index contributed by atoms with van der Waals surface area (Å²) in [7, 11) is 0. The van der Waals surface area contributed by atoms with Crippen molar-refractivity contribution < 1.29 is 4.42 Å². The molecule has 0 saturated carbocycles. The van der Waals surface area contributed by atoms with Gasteiger partial charge in [-0.25, -0.2) is 29.9 Å². The number of benzene rings is 17. The van der Waals surface area contributed by atoms with E-state index in [0.29, 0.717) is 10.9 Å². The maximum absolute atomic E-state index is 6.27. The molecule has 0 N–H and O–H groups in total. The van der Waals surface area contributed by atoms with E-state index in [1.54, 1.807) is 11.3 Å². The van der Waals surface area contributed by atoms with Crippen molar-refractivity contribution in [2.45, 2.75) is 25.7 Å². The number of thiophene rings is 1. The molecule has 0 atom stereocenters. The zero-order valence-electron chi connectivity index (χ0n) is 69.8. The molecule has 5 aromatic heterocycles. The first-order valence-corrected chi connectivity index (χ1v) is 45.9. The molecule has 15 heteroatoms. The van der Waals surface area contributed by atoms with Crippen LogP contribution in [0.4, 0.5) is 34.1 Å². The molecule has 0 aliphatic heterocycles. The zero-order valence-corrected chi connectivity index (χ0v) is 76.1. The fourth-order valence-corrected chi connectivity index (χ4v) is 19.6. The van der Waals surface area contributed by atoms with Crippen molar-refractivity contribution in [3.05, 3.63) is 466 Å². The molecule has 2 aliphatic carbocycles. The van der Waals surface area contributed by atoms with Gasteiger partial charge in [-0.2, -0.15) is 0 Å². The average Bonchev–Trinajstić information content (AvgIpc) is 1.58. The highest BCUT2D eigenvalue weighted by Gasteiger charge is 2.36. The molecule has 24 rings (SSSR count). The second-order valence-electron chi connectivity index (χ2n) is 31.9. The van der Waals surface area contributed by atoms with E-state index < -0.39 is 0 Å². The number of aromatic nitrogens is 6. The molecule has 620 valence electrons. The van der Waals surface area contributed by atoms with E-state index in [1.807, 2.05) is 109 Å². The van der Waals surface area contributed by atoms with Crippen molar-refractivity contribution in [1.82, 2.24) is 29.9 Å². The van der Waals surface area contributed by atoms with Crippen LogP contribution in [0.5, 0.6) is 0 Å². The Bertz CT molecular complexity index is 7880. The van der Waals surface area contributed by atoms with Gasteiger partial charge in [0, 0.05) is 98.2 Å². The summed E-state index contributed by atoms with van der Waals surface area (Å²) >= 11 is 27.4. The molecule has 22 aromatic rings. The highest BCUT2D eigenvalue weighted by Crippen LogP contribution is 2.52. The predicted octanol–water partition coefficient (Wildman–Crippen LogP) is 34.0. The molecule has 129 heavy (non-hydrogen) atoms. The first kappa shape index (κ1) is 83.2. The average molecular weight is 1870 g/mol. The molecule has 0 radical (unpaired) electrons. The third-order valence-electron chi connectivity index (χ3n) is 23.6. The fourth-order valence-electron chi connectivity index (χ4n) is 17.4. The van der Waals surface area contributed by atoms with Gasteiger partial charge in [0.1, 0.15) is 16.8 Å². The van der Waals surface area contributed by atoms with Crippen LogP contribution in [0.1, 0.15) is 36.1 Å². The lowest BCUT2D eigenvalue weighted by atomic mass is 9.82. The van der Waals surface area contributed by atoms with E-state index in [0.717, 1.165) is 132 Å². The molecular weight excluding hydrogens is 1800 g/mol. The van der Waals surface area contributed by atoms with E-state index in [9.17, 15) is 0 Å². The largest absolute Gasteiger partial charge is 0.452 e. The van der Waals surface area contributed by atoms with Crippen LogP contribution in [0.2, 0.25) is 15.9 Å². The van der Waals surface area contributed by atoms with Gasteiger partial charge in [-0.15, -0.1) is 11.3 Å². The number of anilines is 6. The van der Waals surface area contributed by atoms with Gasteiger partial charge < -0.3 is 14.2 Å². The summed E-state index contributed by atoms with van der Waals surface area (Å²) in [6.07, 6.45) is 0.868. The number of fused-ring (bicyclic) bond motifs is 14. The zero-order chi connectivity index (χ0) is 87.5. The van der Waals surface area contributed by atoms with Gasteiger partial charge >= 0.3 is 0 Å². The van der Waals surface area contributed by atoms with E-state index in [4.69, 9.17) is 39.2 Å². The number of furan rings is 1. The molecule has 0 saturated heterocycles. The quantitative estimate of drug-likeness (QED) is 0.117. The maximum atomic E-state index is 6.27. The van der Waals surface area contributed by atoms with Crippen molar-refractivity contribution >= 4 is 176 Å². The number of halogens is 5. The Morgan fingerprint density at radius 3 is 1.45 bits per heavy atom. The van der Waals surface area contributed by atoms with E-state index in [2.05, 4.69) is 395 Å². The molecule has 2 aliphatic rings. The third kappa shape index (κ3) is 17.2. The Kier molecular flexibility index (Phi) is 23.7. The number of hydrogen-bond acceptors (Lipinski definition) is 10. The molecule has 0 spiro atoms. The maximum Gasteiger partial charge on any atom is 0.223 e. The van der Waals surface area contributed by atoms with Crippen LogP contribution in [0.3, 0.4) is 0 Å². The number of hydrogen-bond donors (Lipinski definition) is 0. The van der Waals surface area contributed by atoms with Crippen LogP contribution in [-0.2, 0) is 11.8 Å². The minimum Gasteiger partial charge on any atom is -0.452 e.